The van der Waals surface area contributed by atoms with Gasteiger partial charge in [-0.25, -0.2) is 9.78 Å². The number of aromatic nitrogens is 2. The Morgan fingerprint density at radius 1 is 1.32 bits per heavy atom. The summed E-state index contributed by atoms with van der Waals surface area (Å²) in [6, 6.07) is 5.20. The minimum Gasteiger partial charge on any atom is -0.481 e. The molecule has 0 aromatic carbocycles. The fourth-order valence-electron chi connectivity index (χ4n) is 1.69. The standard InChI is InChI=1S/C14H14N2O3/c1-3-19-14(17)11-8-13(18-2)16-9-12(11)10-4-6-15-7-5-10/h4-9H,3H2,1-2H3. The number of ether oxygens (including phenoxy) is 2. The van der Waals surface area contributed by atoms with Crippen LogP contribution >= 0.6 is 0 Å². The summed E-state index contributed by atoms with van der Waals surface area (Å²) in [5.74, 6) is -0.0177. The lowest BCUT2D eigenvalue weighted by Gasteiger charge is -2.10. The van der Waals surface area contributed by atoms with Crippen molar-refractivity contribution < 1.29 is 14.3 Å². The molecule has 0 unspecified atom stereocenters. The Bertz CT molecular complexity index is 570. The summed E-state index contributed by atoms with van der Waals surface area (Å²) in [5, 5.41) is 0. The van der Waals surface area contributed by atoms with Crippen molar-refractivity contribution in [2.24, 2.45) is 0 Å². The fourth-order valence-corrected chi connectivity index (χ4v) is 1.69. The molecule has 2 aromatic rings. The van der Waals surface area contributed by atoms with E-state index in [1.54, 1.807) is 31.6 Å². The molecule has 0 aliphatic rings. The van der Waals surface area contributed by atoms with Crippen LogP contribution < -0.4 is 4.74 Å². The summed E-state index contributed by atoms with van der Waals surface area (Å²) in [6.45, 7) is 2.09. The predicted octanol–water partition coefficient (Wildman–Crippen LogP) is 2.33. The lowest BCUT2D eigenvalue weighted by molar-refractivity contribution is 0.0526. The first kappa shape index (κ1) is 13.0. The van der Waals surface area contributed by atoms with Gasteiger partial charge in [0.2, 0.25) is 5.88 Å². The van der Waals surface area contributed by atoms with E-state index in [4.69, 9.17) is 9.47 Å². The molecule has 5 nitrogen and oxygen atoms in total. The van der Waals surface area contributed by atoms with Crippen molar-refractivity contribution in [3.63, 3.8) is 0 Å². The summed E-state index contributed by atoms with van der Waals surface area (Å²) in [6.07, 6.45) is 4.92. The van der Waals surface area contributed by atoms with Gasteiger partial charge in [-0.3, -0.25) is 4.98 Å². The second kappa shape index (κ2) is 5.95. The van der Waals surface area contributed by atoms with Crippen LogP contribution in [0.4, 0.5) is 0 Å². The van der Waals surface area contributed by atoms with Crippen molar-refractivity contribution >= 4 is 5.97 Å². The SMILES string of the molecule is CCOC(=O)c1cc(OC)ncc1-c1ccncc1. The van der Waals surface area contributed by atoms with Gasteiger partial charge in [-0.05, 0) is 24.6 Å². The van der Waals surface area contributed by atoms with Crippen LogP contribution in [-0.2, 0) is 4.74 Å². The number of pyridine rings is 2. The van der Waals surface area contributed by atoms with Gasteiger partial charge in [0, 0.05) is 30.2 Å². The van der Waals surface area contributed by atoms with E-state index >= 15 is 0 Å². The van der Waals surface area contributed by atoms with E-state index in [2.05, 4.69) is 9.97 Å². The highest BCUT2D eigenvalue weighted by Crippen LogP contribution is 2.25. The van der Waals surface area contributed by atoms with Gasteiger partial charge in [0.1, 0.15) is 0 Å². The van der Waals surface area contributed by atoms with E-state index in [-0.39, 0.29) is 0 Å². The van der Waals surface area contributed by atoms with Crippen LogP contribution in [0.2, 0.25) is 0 Å². The summed E-state index contributed by atoms with van der Waals surface area (Å²) in [5.41, 5.74) is 1.98. The monoisotopic (exact) mass is 258 g/mol. The third-order valence-corrected chi connectivity index (χ3v) is 2.57. The molecule has 5 heteroatoms. The minimum atomic E-state index is -0.394. The predicted molar refractivity (Wildman–Crippen MR) is 70.0 cm³/mol. The number of rotatable bonds is 4. The van der Waals surface area contributed by atoms with Crippen LogP contribution in [0.5, 0.6) is 5.88 Å². The number of methoxy groups -OCH3 is 1. The molecule has 0 N–H and O–H groups in total. The Kier molecular flexibility index (Phi) is 4.07. The molecule has 0 amide bonds. The molecule has 0 saturated carbocycles. The minimum absolute atomic E-state index is 0.319. The zero-order valence-electron chi connectivity index (χ0n) is 10.8. The molecule has 0 bridgehead atoms. The summed E-state index contributed by atoms with van der Waals surface area (Å²) >= 11 is 0. The van der Waals surface area contributed by atoms with Gasteiger partial charge in [0.05, 0.1) is 19.3 Å². The molecule has 2 heterocycles. The van der Waals surface area contributed by atoms with E-state index in [0.29, 0.717) is 23.6 Å². The second-order valence-electron chi connectivity index (χ2n) is 3.73. The molecule has 0 atom stereocenters. The van der Waals surface area contributed by atoms with Crippen molar-refractivity contribution in [1.29, 1.82) is 0 Å². The normalized spacial score (nSPS) is 10.0. The number of nitrogens with zero attached hydrogens (tertiary/aromatic N) is 2. The number of carbonyl (C=O) groups excluding carboxylic acids is 1. The zero-order chi connectivity index (χ0) is 13.7. The van der Waals surface area contributed by atoms with Gasteiger partial charge in [-0.2, -0.15) is 0 Å². The first-order chi connectivity index (χ1) is 9.26. The lowest BCUT2D eigenvalue weighted by atomic mass is 10.0. The molecule has 2 aromatic heterocycles. The molecule has 19 heavy (non-hydrogen) atoms. The molecule has 0 aliphatic heterocycles. The van der Waals surface area contributed by atoms with Gasteiger partial charge in [0.25, 0.3) is 0 Å². The van der Waals surface area contributed by atoms with Crippen LogP contribution in [0, 0.1) is 0 Å². The smallest absolute Gasteiger partial charge is 0.339 e. The highest BCUT2D eigenvalue weighted by atomic mass is 16.5. The number of hydrogen-bond donors (Lipinski definition) is 0. The molecule has 98 valence electrons. The molecule has 0 aliphatic carbocycles. The van der Waals surface area contributed by atoms with Gasteiger partial charge in [-0.15, -0.1) is 0 Å². The summed E-state index contributed by atoms with van der Waals surface area (Å²) in [4.78, 5) is 20.1. The average Bonchev–Trinajstić information content (AvgIpc) is 2.47. The van der Waals surface area contributed by atoms with Gasteiger partial charge < -0.3 is 9.47 Å². The summed E-state index contributed by atoms with van der Waals surface area (Å²) < 4.78 is 10.1. The first-order valence-corrected chi connectivity index (χ1v) is 5.87. The van der Waals surface area contributed by atoms with Crippen molar-refractivity contribution in [3.8, 4) is 17.0 Å². The first-order valence-electron chi connectivity index (χ1n) is 5.87. The molecular formula is C14H14N2O3. The third-order valence-electron chi connectivity index (χ3n) is 2.57. The summed E-state index contributed by atoms with van der Waals surface area (Å²) in [7, 11) is 1.50. The maximum absolute atomic E-state index is 12.0. The second-order valence-corrected chi connectivity index (χ2v) is 3.73. The van der Waals surface area contributed by atoms with Crippen molar-refractivity contribution in [3.05, 3.63) is 42.4 Å². The van der Waals surface area contributed by atoms with Crippen molar-refractivity contribution in [1.82, 2.24) is 9.97 Å². The Balaban J connectivity index is 2.51. The Labute approximate surface area is 111 Å². The highest BCUT2D eigenvalue weighted by Gasteiger charge is 2.16. The van der Waals surface area contributed by atoms with E-state index in [9.17, 15) is 4.79 Å². The van der Waals surface area contributed by atoms with Gasteiger partial charge in [0.15, 0.2) is 0 Å². The fraction of sp³-hybridized carbons (Fsp3) is 0.214. The van der Waals surface area contributed by atoms with Crippen LogP contribution in [0.25, 0.3) is 11.1 Å². The maximum Gasteiger partial charge on any atom is 0.339 e. The van der Waals surface area contributed by atoms with E-state index < -0.39 is 5.97 Å². The Hall–Kier alpha value is -2.43. The highest BCUT2D eigenvalue weighted by molar-refractivity contribution is 5.97. The molecule has 0 spiro atoms. The average molecular weight is 258 g/mol. The molecular weight excluding hydrogens is 244 g/mol. The quantitative estimate of drug-likeness (QED) is 0.788. The Morgan fingerprint density at radius 3 is 2.68 bits per heavy atom. The van der Waals surface area contributed by atoms with Gasteiger partial charge in [-0.1, -0.05) is 0 Å². The number of carbonyl (C=O) groups is 1. The maximum atomic E-state index is 12.0. The van der Waals surface area contributed by atoms with Crippen LogP contribution in [-0.4, -0.2) is 29.7 Å². The Morgan fingerprint density at radius 2 is 2.05 bits per heavy atom. The molecule has 0 fully saturated rings. The number of hydrogen-bond acceptors (Lipinski definition) is 5. The van der Waals surface area contributed by atoms with Crippen LogP contribution in [0.1, 0.15) is 17.3 Å². The van der Waals surface area contributed by atoms with Crippen LogP contribution in [0.3, 0.4) is 0 Å². The van der Waals surface area contributed by atoms with Gasteiger partial charge >= 0.3 is 5.97 Å². The van der Waals surface area contributed by atoms with Crippen LogP contribution in [0.15, 0.2) is 36.8 Å². The molecule has 0 saturated heterocycles. The molecule has 0 radical (unpaired) electrons. The van der Waals surface area contributed by atoms with Crippen molar-refractivity contribution in [2.45, 2.75) is 6.92 Å². The lowest BCUT2D eigenvalue weighted by Crippen LogP contribution is -2.07. The van der Waals surface area contributed by atoms with E-state index in [1.807, 2.05) is 12.1 Å². The topological polar surface area (TPSA) is 61.3 Å². The largest absolute Gasteiger partial charge is 0.481 e. The van der Waals surface area contributed by atoms with E-state index in [0.717, 1.165) is 5.56 Å². The van der Waals surface area contributed by atoms with E-state index in [1.165, 1.54) is 7.11 Å². The van der Waals surface area contributed by atoms with Crippen molar-refractivity contribution in [2.75, 3.05) is 13.7 Å². The molecule has 2 rings (SSSR count). The zero-order valence-corrected chi connectivity index (χ0v) is 10.8. The number of esters is 1. The third kappa shape index (κ3) is 2.88.